The van der Waals surface area contributed by atoms with Crippen molar-refractivity contribution in [3.63, 3.8) is 0 Å². The first kappa shape index (κ1) is 13.6. The average molecular weight is 332 g/mol. The standard InChI is InChI=1S/C13H21IN2/c1-4-9(2)7-10(3)16-13-6-5-11(14)8-12(13)15/h5-6,8-10,16H,4,7,15H2,1-3H3. The Morgan fingerprint density at radius 2 is 2.06 bits per heavy atom. The molecule has 0 radical (unpaired) electrons. The number of anilines is 2. The summed E-state index contributed by atoms with van der Waals surface area (Å²) in [5, 5.41) is 3.47. The van der Waals surface area contributed by atoms with Gasteiger partial charge in [-0.3, -0.25) is 0 Å². The van der Waals surface area contributed by atoms with E-state index in [0.29, 0.717) is 6.04 Å². The van der Waals surface area contributed by atoms with Crippen LogP contribution in [0.5, 0.6) is 0 Å². The van der Waals surface area contributed by atoms with Crippen LogP contribution in [0.1, 0.15) is 33.6 Å². The van der Waals surface area contributed by atoms with Crippen LogP contribution in [0.3, 0.4) is 0 Å². The van der Waals surface area contributed by atoms with Gasteiger partial charge in [0.25, 0.3) is 0 Å². The van der Waals surface area contributed by atoms with E-state index in [0.717, 1.165) is 17.3 Å². The summed E-state index contributed by atoms with van der Waals surface area (Å²) in [7, 11) is 0. The van der Waals surface area contributed by atoms with Crippen molar-refractivity contribution in [1.29, 1.82) is 0 Å². The second-order valence-corrected chi connectivity index (χ2v) is 5.77. The van der Waals surface area contributed by atoms with Crippen molar-refractivity contribution in [3.8, 4) is 0 Å². The number of hydrogen-bond donors (Lipinski definition) is 2. The molecule has 0 aliphatic heterocycles. The monoisotopic (exact) mass is 332 g/mol. The van der Waals surface area contributed by atoms with Crippen molar-refractivity contribution in [2.24, 2.45) is 5.92 Å². The first-order chi connectivity index (χ1) is 7.52. The Hall–Kier alpha value is -0.450. The summed E-state index contributed by atoms with van der Waals surface area (Å²) < 4.78 is 1.18. The number of hydrogen-bond acceptors (Lipinski definition) is 2. The molecule has 2 nitrogen and oxygen atoms in total. The topological polar surface area (TPSA) is 38.0 Å². The molecule has 1 aromatic rings. The van der Waals surface area contributed by atoms with Crippen LogP contribution in [0.25, 0.3) is 0 Å². The van der Waals surface area contributed by atoms with Crippen LogP contribution in [0.2, 0.25) is 0 Å². The Kier molecular flexibility index (Phi) is 5.38. The highest BCUT2D eigenvalue weighted by Crippen LogP contribution is 2.23. The Bertz CT molecular complexity index is 339. The van der Waals surface area contributed by atoms with Gasteiger partial charge in [0.2, 0.25) is 0 Å². The van der Waals surface area contributed by atoms with Crippen LogP contribution in [-0.2, 0) is 0 Å². The summed E-state index contributed by atoms with van der Waals surface area (Å²) in [6.07, 6.45) is 2.41. The van der Waals surface area contributed by atoms with Crippen LogP contribution >= 0.6 is 22.6 Å². The second-order valence-electron chi connectivity index (χ2n) is 4.53. The van der Waals surface area contributed by atoms with E-state index in [1.165, 1.54) is 16.4 Å². The zero-order chi connectivity index (χ0) is 12.1. The fraction of sp³-hybridized carbons (Fsp3) is 0.538. The molecule has 0 bridgehead atoms. The molecule has 90 valence electrons. The number of benzene rings is 1. The third-order valence-corrected chi connectivity index (χ3v) is 3.54. The Morgan fingerprint density at radius 3 is 2.62 bits per heavy atom. The minimum atomic E-state index is 0.470. The molecule has 0 fully saturated rings. The molecule has 2 unspecified atom stereocenters. The fourth-order valence-corrected chi connectivity index (χ4v) is 2.27. The van der Waals surface area contributed by atoms with Crippen molar-refractivity contribution < 1.29 is 0 Å². The Labute approximate surface area is 112 Å². The largest absolute Gasteiger partial charge is 0.397 e. The highest BCUT2D eigenvalue weighted by atomic mass is 127. The third-order valence-electron chi connectivity index (χ3n) is 2.87. The molecular weight excluding hydrogens is 311 g/mol. The molecule has 16 heavy (non-hydrogen) atoms. The van der Waals surface area contributed by atoms with Gasteiger partial charge in [-0.2, -0.15) is 0 Å². The maximum Gasteiger partial charge on any atom is 0.0576 e. The summed E-state index contributed by atoms with van der Waals surface area (Å²) in [4.78, 5) is 0. The molecule has 0 amide bonds. The molecule has 0 aliphatic carbocycles. The van der Waals surface area contributed by atoms with E-state index in [1.54, 1.807) is 0 Å². The molecule has 3 heteroatoms. The van der Waals surface area contributed by atoms with Gasteiger partial charge >= 0.3 is 0 Å². The fourth-order valence-electron chi connectivity index (χ4n) is 1.76. The summed E-state index contributed by atoms with van der Waals surface area (Å²) in [5.41, 5.74) is 7.85. The molecule has 1 aromatic carbocycles. The lowest BCUT2D eigenvalue weighted by atomic mass is 10.0. The van der Waals surface area contributed by atoms with Gasteiger partial charge in [0.15, 0.2) is 0 Å². The van der Waals surface area contributed by atoms with Crippen LogP contribution in [-0.4, -0.2) is 6.04 Å². The van der Waals surface area contributed by atoms with Crippen molar-refractivity contribution >= 4 is 34.0 Å². The van der Waals surface area contributed by atoms with Crippen molar-refractivity contribution in [3.05, 3.63) is 21.8 Å². The number of nitrogens with two attached hydrogens (primary N) is 1. The molecule has 0 spiro atoms. The third kappa shape index (κ3) is 4.20. The van der Waals surface area contributed by atoms with Gasteiger partial charge in [-0.1, -0.05) is 20.3 Å². The smallest absolute Gasteiger partial charge is 0.0576 e. The van der Waals surface area contributed by atoms with E-state index in [-0.39, 0.29) is 0 Å². The van der Waals surface area contributed by atoms with Gasteiger partial charge in [0, 0.05) is 9.61 Å². The Balaban J connectivity index is 2.59. The quantitative estimate of drug-likeness (QED) is 0.629. The van der Waals surface area contributed by atoms with Crippen LogP contribution in [0, 0.1) is 9.49 Å². The average Bonchev–Trinajstić information content (AvgIpc) is 2.22. The van der Waals surface area contributed by atoms with Crippen molar-refractivity contribution in [2.45, 2.75) is 39.7 Å². The lowest BCUT2D eigenvalue weighted by Crippen LogP contribution is -2.19. The summed E-state index contributed by atoms with van der Waals surface area (Å²) >= 11 is 2.27. The maximum atomic E-state index is 5.97. The molecule has 2 atom stereocenters. The van der Waals surface area contributed by atoms with Crippen molar-refractivity contribution in [2.75, 3.05) is 11.1 Å². The SMILES string of the molecule is CCC(C)CC(C)Nc1ccc(I)cc1N. The molecule has 0 aliphatic rings. The van der Waals surface area contributed by atoms with Gasteiger partial charge in [-0.25, -0.2) is 0 Å². The van der Waals surface area contributed by atoms with E-state index >= 15 is 0 Å². The first-order valence-electron chi connectivity index (χ1n) is 5.84. The molecule has 3 N–H and O–H groups in total. The lowest BCUT2D eigenvalue weighted by molar-refractivity contribution is 0.484. The van der Waals surface area contributed by atoms with Gasteiger partial charge in [-0.05, 0) is 60.1 Å². The zero-order valence-corrected chi connectivity index (χ0v) is 12.4. The van der Waals surface area contributed by atoms with E-state index < -0.39 is 0 Å². The maximum absolute atomic E-state index is 5.97. The second kappa shape index (κ2) is 6.33. The molecular formula is C13H21IN2. The minimum Gasteiger partial charge on any atom is -0.397 e. The summed E-state index contributed by atoms with van der Waals surface area (Å²) in [6.45, 7) is 6.73. The highest BCUT2D eigenvalue weighted by molar-refractivity contribution is 14.1. The van der Waals surface area contributed by atoms with E-state index in [9.17, 15) is 0 Å². The lowest BCUT2D eigenvalue weighted by Gasteiger charge is -2.19. The van der Waals surface area contributed by atoms with Gasteiger partial charge in [-0.15, -0.1) is 0 Å². The van der Waals surface area contributed by atoms with Gasteiger partial charge in [0.1, 0.15) is 0 Å². The van der Waals surface area contributed by atoms with Gasteiger partial charge in [0.05, 0.1) is 11.4 Å². The predicted octanol–water partition coefficient (Wildman–Crippen LogP) is 4.11. The minimum absolute atomic E-state index is 0.470. The molecule has 0 heterocycles. The summed E-state index contributed by atoms with van der Waals surface area (Å²) in [6, 6.07) is 6.61. The number of nitrogens with one attached hydrogen (secondary N) is 1. The zero-order valence-electron chi connectivity index (χ0n) is 10.3. The van der Waals surface area contributed by atoms with Gasteiger partial charge < -0.3 is 11.1 Å². The normalized spacial score (nSPS) is 14.5. The van der Waals surface area contributed by atoms with E-state index in [1.807, 2.05) is 6.07 Å². The number of rotatable bonds is 5. The van der Waals surface area contributed by atoms with Crippen molar-refractivity contribution in [1.82, 2.24) is 0 Å². The molecule has 1 rings (SSSR count). The van der Waals surface area contributed by atoms with Crippen LogP contribution in [0.4, 0.5) is 11.4 Å². The number of halogens is 1. The van der Waals surface area contributed by atoms with Crippen LogP contribution in [0.15, 0.2) is 18.2 Å². The highest BCUT2D eigenvalue weighted by Gasteiger charge is 2.08. The Morgan fingerprint density at radius 1 is 1.38 bits per heavy atom. The van der Waals surface area contributed by atoms with Crippen LogP contribution < -0.4 is 11.1 Å². The van der Waals surface area contributed by atoms with E-state index in [2.05, 4.69) is 60.8 Å². The first-order valence-corrected chi connectivity index (χ1v) is 6.92. The predicted molar refractivity (Wildman–Crippen MR) is 80.7 cm³/mol. The number of nitrogen functional groups attached to an aromatic ring is 1. The molecule has 0 saturated heterocycles. The van der Waals surface area contributed by atoms with E-state index in [4.69, 9.17) is 5.73 Å². The summed E-state index contributed by atoms with van der Waals surface area (Å²) in [5.74, 6) is 0.757. The molecule has 0 saturated carbocycles. The molecule has 0 aromatic heterocycles.